The first-order valence-corrected chi connectivity index (χ1v) is 6.40. The van der Waals surface area contributed by atoms with Crippen molar-refractivity contribution in [2.45, 2.75) is 18.8 Å². The van der Waals surface area contributed by atoms with E-state index in [1.165, 1.54) is 13.4 Å². The molecule has 1 atom stereocenters. The summed E-state index contributed by atoms with van der Waals surface area (Å²) in [4.78, 5) is 23.3. The van der Waals surface area contributed by atoms with Gasteiger partial charge in [0.1, 0.15) is 12.2 Å². The summed E-state index contributed by atoms with van der Waals surface area (Å²) in [5.41, 5.74) is 6.18. The monoisotopic (exact) mass is 298 g/mol. The molecule has 0 aromatic carbocycles. The Morgan fingerprint density at radius 1 is 1.60 bits per heavy atom. The molecule has 0 bridgehead atoms. The minimum atomic E-state index is -0.581. The van der Waals surface area contributed by atoms with E-state index in [9.17, 15) is 4.79 Å². The Hall–Kier alpha value is -2.09. The fourth-order valence-electron chi connectivity index (χ4n) is 1.90. The van der Waals surface area contributed by atoms with Gasteiger partial charge in [0.15, 0.2) is 11.2 Å². The Labute approximate surface area is 120 Å². The Kier molecular flexibility index (Phi) is 4.23. The average molecular weight is 299 g/mol. The number of ether oxygens (including phenoxy) is 1. The molecule has 0 aliphatic heterocycles. The number of nitrogens with two attached hydrogens (primary N) is 1. The Morgan fingerprint density at radius 3 is 2.95 bits per heavy atom. The second-order valence-corrected chi connectivity index (χ2v) is 4.74. The van der Waals surface area contributed by atoms with Gasteiger partial charge in [0.2, 0.25) is 5.88 Å². The predicted octanol–water partition coefficient (Wildman–Crippen LogP) is 0.803. The van der Waals surface area contributed by atoms with Crippen LogP contribution in [0.2, 0.25) is 0 Å². The molecule has 1 unspecified atom stereocenters. The van der Waals surface area contributed by atoms with E-state index >= 15 is 0 Å². The van der Waals surface area contributed by atoms with E-state index in [1.807, 2.05) is 4.57 Å². The number of hydrogen-bond donors (Lipinski definition) is 2. The van der Waals surface area contributed by atoms with E-state index in [2.05, 4.69) is 20.3 Å². The Morgan fingerprint density at radius 2 is 2.35 bits per heavy atom. The molecule has 0 saturated carbocycles. The summed E-state index contributed by atoms with van der Waals surface area (Å²) < 4.78 is 6.97. The summed E-state index contributed by atoms with van der Waals surface area (Å²) in [5, 5.41) is 2.20. The number of fused-ring (bicyclic) bond motifs is 1. The smallest absolute Gasteiger partial charge is 0.312 e. The molecule has 20 heavy (non-hydrogen) atoms. The number of urea groups is 1. The molecule has 0 saturated heterocycles. The summed E-state index contributed by atoms with van der Waals surface area (Å²) in [6.07, 6.45) is 1.39. The van der Waals surface area contributed by atoms with Crippen molar-refractivity contribution in [3.8, 4) is 5.88 Å². The van der Waals surface area contributed by atoms with Crippen LogP contribution >= 0.6 is 11.6 Å². The molecule has 3 N–H and O–H groups in total. The van der Waals surface area contributed by atoms with Crippen molar-refractivity contribution in [3.05, 3.63) is 12.2 Å². The highest BCUT2D eigenvalue weighted by atomic mass is 35.5. The highest BCUT2D eigenvalue weighted by Crippen LogP contribution is 2.26. The van der Waals surface area contributed by atoms with Crippen molar-refractivity contribution in [2.24, 2.45) is 5.73 Å². The number of carbonyl (C=O) groups excluding carboxylic acids is 1. The lowest BCUT2D eigenvalue weighted by atomic mass is 10.4. The number of primary amides is 1. The summed E-state index contributed by atoms with van der Waals surface area (Å²) in [7, 11) is 1.51. The highest BCUT2D eigenvalue weighted by Gasteiger charge is 2.19. The molecule has 2 amide bonds. The fourth-order valence-corrected chi connectivity index (χ4v) is 2.06. The van der Waals surface area contributed by atoms with Gasteiger partial charge in [0.25, 0.3) is 0 Å². The number of nitrogens with zero attached hydrogens (tertiary/aromatic N) is 4. The zero-order valence-corrected chi connectivity index (χ0v) is 11.9. The molecule has 0 radical (unpaired) electrons. The molecule has 0 aliphatic rings. The van der Waals surface area contributed by atoms with Gasteiger partial charge in [-0.2, -0.15) is 4.98 Å². The van der Waals surface area contributed by atoms with Crippen molar-refractivity contribution in [2.75, 3.05) is 13.7 Å². The number of carbonyl (C=O) groups is 1. The van der Waals surface area contributed by atoms with Gasteiger partial charge in [0.05, 0.1) is 12.5 Å². The van der Waals surface area contributed by atoms with Gasteiger partial charge in [-0.25, -0.2) is 14.8 Å². The van der Waals surface area contributed by atoms with Crippen LogP contribution in [0.1, 0.15) is 18.1 Å². The average Bonchev–Trinajstić information content (AvgIpc) is 2.77. The molecule has 2 rings (SSSR count). The van der Waals surface area contributed by atoms with E-state index in [0.717, 1.165) is 0 Å². The molecule has 108 valence electrons. The predicted molar refractivity (Wildman–Crippen MR) is 73.7 cm³/mol. The molecule has 8 nitrogen and oxygen atoms in total. The first kappa shape index (κ1) is 14.3. The van der Waals surface area contributed by atoms with Gasteiger partial charge in [-0.3, -0.25) is 0 Å². The largest absolute Gasteiger partial charge is 0.479 e. The topological polar surface area (TPSA) is 108 Å². The van der Waals surface area contributed by atoms with Crippen molar-refractivity contribution < 1.29 is 9.53 Å². The second-order valence-electron chi connectivity index (χ2n) is 4.08. The lowest BCUT2D eigenvalue weighted by Gasteiger charge is -2.09. The fraction of sp³-hybridized carbons (Fsp3) is 0.455. The van der Waals surface area contributed by atoms with E-state index in [-0.39, 0.29) is 5.38 Å². The number of halogens is 1. The number of aromatic nitrogens is 4. The minimum absolute atomic E-state index is 0.317. The summed E-state index contributed by atoms with van der Waals surface area (Å²) in [6, 6.07) is -0.581. The van der Waals surface area contributed by atoms with Crippen LogP contribution in [0.3, 0.4) is 0 Å². The number of rotatable bonds is 5. The highest BCUT2D eigenvalue weighted by molar-refractivity contribution is 6.20. The Bertz CT molecular complexity index is 627. The maximum atomic E-state index is 10.7. The van der Waals surface area contributed by atoms with E-state index in [0.29, 0.717) is 36.0 Å². The molecule has 0 fully saturated rings. The number of methoxy groups -OCH3 is 1. The van der Waals surface area contributed by atoms with Gasteiger partial charge in [-0.1, -0.05) is 0 Å². The minimum Gasteiger partial charge on any atom is -0.479 e. The maximum absolute atomic E-state index is 10.7. The molecule has 2 aromatic rings. The standard InChI is InChI=1S/C11H15ClN6O2/c1-6(12)8-17-7-9(15-5-16-10(7)20-2)18(8)4-3-14-11(13)19/h5-6H,3-4H2,1-2H3,(H3,13,14,19). The van der Waals surface area contributed by atoms with Gasteiger partial charge in [0, 0.05) is 13.1 Å². The molecule has 2 aromatic heterocycles. The lowest BCUT2D eigenvalue weighted by Crippen LogP contribution is -2.32. The normalized spacial score (nSPS) is 12.3. The summed E-state index contributed by atoms with van der Waals surface area (Å²) >= 11 is 6.13. The van der Waals surface area contributed by atoms with Crippen LogP contribution in [0, 0.1) is 0 Å². The maximum Gasteiger partial charge on any atom is 0.312 e. The van der Waals surface area contributed by atoms with Gasteiger partial charge >= 0.3 is 6.03 Å². The first-order chi connectivity index (χ1) is 9.54. The molecule has 9 heteroatoms. The van der Waals surface area contributed by atoms with Crippen molar-refractivity contribution in [3.63, 3.8) is 0 Å². The molecule has 0 spiro atoms. The van der Waals surface area contributed by atoms with Crippen LogP contribution < -0.4 is 15.8 Å². The third kappa shape index (κ3) is 2.74. The number of alkyl halides is 1. The first-order valence-electron chi connectivity index (χ1n) is 5.97. The van der Waals surface area contributed by atoms with Crippen LogP contribution in [0.15, 0.2) is 6.33 Å². The van der Waals surface area contributed by atoms with E-state index < -0.39 is 6.03 Å². The van der Waals surface area contributed by atoms with E-state index in [4.69, 9.17) is 22.1 Å². The van der Waals surface area contributed by atoms with Crippen molar-refractivity contribution in [1.29, 1.82) is 0 Å². The molecular formula is C11H15ClN6O2. The van der Waals surface area contributed by atoms with E-state index in [1.54, 1.807) is 6.92 Å². The lowest BCUT2D eigenvalue weighted by molar-refractivity contribution is 0.248. The van der Waals surface area contributed by atoms with Gasteiger partial charge < -0.3 is 20.4 Å². The van der Waals surface area contributed by atoms with Crippen LogP contribution in [0.5, 0.6) is 5.88 Å². The SMILES string of the molecule is COc1ncnc2c1nc(C(C)Cl)n2CCNC(N)=O. The van der Waals surface area contributed by atoms with Crippen molar-refractivity contribution >= 4 is 28.8 Å². The van der Waals surface area contributed by atoms with Crippen molar-refractivity contribution in [1.82, 2.24) is 24.8 Å². The third-order valence-corrected chi connectivity index (χ3v) is 2.91. The summed E-state index contributed by atoms with van der Waals surface area (Å²) in [5.74, 6) is 1.02. The van der Waals surface area contributed by atoms with Crippen LogP contribution in [-0.2, 0) is 6.54 Å². The zero-order chi connectivity index (χ0) is 14.7. The van der Waals surface area contributed by atoms with Gasteiger partial charge in [-0.15, -0.1) is 11.6 Å². The molecule has 0 aliphatic carbocycles. The van der Waals surface area contributed by atoms with Crippen LogP contribution in [0.4, 0.5) is 4.79 Å². The quantitative estimate of drug-likeness (QED) is 0.794. The third-order valence-electron chi connectivity index (χ3n) is 2.71. The van der Waals surface area contributed by atoms with Crippen LogP contribution in [-0.4, -0.2) is 39.2 Å². The Balaban J connectivity index is 2.43. The number of nitrogens with one attached hydrogen (secondary N) is 1. The second kappa shape index (κ2) is 5.91. The zero-order valence-electron chi connectivity index (χ0n) is 11.1. The number of hydrogen-bond acceptors (Lipinski definition) is 5. The number of imidazole rings is 1. The summed E-state index contributed by atoms with van der Waals surface area (Å²) in [6.45, 7) is 2.61. The molecular weight excluding hydrogens is 284 g/mol. The molecule has 2 heterocycles. The van der Waals surface area contributed by atoms with Crippen LogP contribution in [0.25, 0.3) is 11.2 Å². The number of amides is 2. The van der Waals surface area contributed by atoms with Gasteiger partial charge in [-0.05, 0) is 6.92 Å².